The van der Waals surface area contributed by atoms with Crippen molar-refractivity contribution in [3.8, 4) is 0 Å². The van der Waals surface area contributed by atoms with Gasteiger partial charge in [-0.1, -0.05) is 0 Å². The lowest BCUT2D eigenvalue weighted by atomic mass is 10.2. The summed E-state index contributed by atoms with van der Waals surface area (Å²) in [5.74, 6) is 0.0578. The van der Waals surface area contributed by atoms with Crippen LogP contribution in [-0.2, 0) is 9.53 Å². The molecule has 0 bridgehead atoms. The van der Waals surface area contributed by atoms with Crippen LogP contribution in [0.3, 0.4) is 0 Å². The molecule has 0 aromatic rings. The number of nitrogens with zero attached hydrogens (tertiary/aromatic N) is 1. The number of amides is 1. The van der Waals surface area contributed by atoms with Gasteiger partial charge in [0.25, 0.3) is 0 Å². The van der Waals surface area contributed by atoms with Gasteiger partial charge in [-0.15, -0.1) is 0 Å². The van der Waals surface area contributed by atoms with Crippen molar-refractivity contribution in [3.05, 3.63) is 0 Å². The second-order valence-corrected chi connectivity index (χ2v) is 4.04. The van der Waals surface area contributed by atoms with Crippen molar-refractivity contribution in [2.45, 2.75) is 25.8 Å². The van der Waals surface area contributed by atoms with Gasteiger partial charge in [-0.2, -0.15) is 0 Å². The Hall–Kier alpha value is -0.650. The van der Waals surface area contributed by atoms with E-state index in [-0.39, 0.29) is 5.91 Å². The lowest BCUT2D eigenvalue weighted by molar-refractivity contribution is -0.122. The molecule has 5 nitrogen and oxygen atoms in total. The van der Waals surface area contributed by atoms with Gasteiger partial charge in [0.2, 0.25) is 5.91 Å². The smallest absolute Gasteiger partial charge is 0.234 e. The second kappa shape index (κ2) is 9.57. The Morgan fingerprint density at radius 3 is 2.81 bits per heavy atom. The minimum absolute atomic E-state index is 0.0578. The van der Waals surface area contributed by atoms with E-state index >= 15 is 0 Å². The summed E-state index contributed by atoms with van der Waals surface area (Å²) in [6, 6.07) is 0.342. The molecule has 0 aromatic heterocycles. The van der Waals surface area contributed by atoms with Crippen LogP contribution in [0.15, 0.2) is 0 Å². The van der Waals surface area contributed by atoms with Crippen LogP contribution in [0.1, 0.15) is 19.8 Å². The van der Waals surface area contributed by atoms with Gasteiger partial charge in [0.1, 0.15) is 0 Å². The number of rotatable bonds is 9. The van der Waals surface area contributed by atoms with Crippen LogP contribution in [0.4, 0.5) is 0 Å². The van der Waals surface area contributed by atoms with Crippen LogP contribution in [0, 0.1) is 0 Å². The third-order valence-electron chi connectivity index (χ3n) is 2.58. The zero-order valence-corrected chi connectivity index (χ0v) is 10.7. The first kappa shape index (κ1) is 15.3. The van der Waals surface area contributed by atoms with Gasteiger partial charge < -0.3 is 15.8 Å². The van der Waals surface area contributed by atoms with Crippen molar-refractivity contribution < 1.29 is 9.53 Å². The third-order valence-corrected chi connectivity index (χ3v) is 2.58. The maximum atomic E-state index is 11.5. The maximum Gasteiger partial charge on any atom is 0.234 e. The van der Waals surface area contributed by atoms with E-state index in [9.17, 15) is 4.79 Å². The molecule has 0 radical (unpaired) electrons. The van der Waals surface area contributed by atoms with Gasteiger partial charge in [-0.25, -0.2) is 0 Å². The van der Waals surface area contributed by atoms with Crippen LogP contribution in [0.5, 0.6) is 0 Å². The monoisotopic (exact) mass is 231 g/mol. The van der Waals surface area contributed by atoms with Crippen molar-refractivity contribution in [2.24, 2.45) is 5.73 Å². The number of likely N-dealkylation sites (N-methyl/N-ethyl adjacent to an activating group) is 1. The topological polar surface area (TPSA) is 67.6 Å². The van der Waals surface area contributed by atoms with E-state index in [1.54, 1.807) is 7.11 Å². The highest BCUT2D eigenvalue weighted by Gasteiger charge is 2.11. The first-order valence-corrected chi connectivity index (χ1v) is 5.77. The molecule has 0 aliphatic heterocycles. The Morgan fingerprint density at radius 2 is 2.25 bits per heavy atom. The summed E-state index contributed by atoms with van der Waals surface area (Å²) in [5.41, 5.74) is 5.47. The third kappa shape index (κ3) is 7.62. The molecule has 0 spiro atoms. The van der Waals surface area contributed by atoms with Gasteiger partial charge in [-0.3, -0.25) is 9.69 Å². The second-order valence-electron chi connectivity index (χ2n) is 4.04. The number of methoxy groups -OCH3 is 1. The maximum absolute atomic E-state index is 11.5. The zero-order valence-electron chi connectivity index (χ0n) is 10.7. The summed E-state index contributed by atoms with van der Waals surface area (Å²) in [5, 5.41) is 2.85. The summed E-state index contributed by atoms with van der Waals surface area (Å²) < 4.78 is 4.90. The molecule has 1 unspecified atom stereocenters. The molecule has 3 N–H and O–H groups in total. The van der Waals surface area contributed by atoms with Crippen LogP contribution in [-0.4, -0.2) is 57.2 Å². The van der Waals surface area contributed by atoms with Crippen LogP contribution < -0.4 is 11.1 Å². The number of carbonyl (C=O) groups excluding carboxylic acids is 1. The molecule has 1 atom stereocenters. The summed E-state index contributed by atoms with van der Waals surface area (Å²) in [7, 11) is 3.60. The lowest BCUT2D eigenvalue weighted by Crippen LogP contribution is -2.40. The fourth-order valence-electron chi connectivity index (χ4n) is 1.34. The van der Waals surface area contributed by atoms with Gasteiger partial charge in [0.05, 0.1) is 6.54 Å². The number of nitrogens with two attached hydrogens (primary N) is 1. The molecule has 5 heteroatoms. The van der Waals surface area contributed by atoms with Gasteiger partial charge in [0.15, 0.2) is 0 Å². The van der Waals surface area contributed by atoms with E-state index in [1.807, 2.05) is 11.9 Å². The highest BCUT2D eigenvalue weighted by atomic mass is 16.5. The number of hydrogen-bond donors (Lipinski definition) is 2. The SMILES string of the molecule is COCCCNC(=O)CN(C)C(C)CCN. The quantitative estimate of drug-likeness (QED) is 0.540. The number of ether oxygens (including phenoxy) is 1. The molecule has 0 rings (SSSR count). The average molecular weight is 231 g/mol. The highest BCUT2D eigenvalue weighted by molar-refractivity contribution is 5.77. The minimum atomic E-state index is 0.0578. The van der Waals surface area contributed by atoms with Crippen molar-refractivity contribution in [2.75, 3.05) is 40.4 Å². The molecule has 96 valence electrons. The predicted molar refractivity (Wildman–Crippen MR) is 65.3 cm³/mol. The minimum Gasteiger partial charge on any atom is -0.385 e. The standard InChI is InChI=1S/C11H25N3O2/c1-10(5-6-12)14(2)9-11(15)13-7-4-8-16-3/h10H,4-9,12H2,1-3H3,(H,13,15). The van der Waals surface area contributed by atoms with E-state index < -0.39 is 0 Å². The highest BCUT2D eigenvalue weighted by Crippen LogP contribution is 1.98. The van der Waals surface area contributed by atoms with E-state index in [2.05, 4.69) is 12.2 Å². The number of carbonyl (C=O) groups is 1. The lowest BCUT2D eigenvalue weighted by Gasteiger charge is -2.23. The first-order chi connectivity index (χ1) is 7.61. The number of hydrogen-bond acceptors (Lipinski definition) is 4. The Bertz CT molecular complexity index is 188. The Labute approximate surface area is 98.3 Å². The molecule has 0 saturated heterocycles. The summed E-state index contributed by atoms with van der Waals surface area (Å²) in [6.45, 7) is 4.51. The van der Waals surface area contributed by atoms with Crippen molar-refractivity contribution >= 4 is 5.91 Å². The Kier molecular flexibility index (Phi) is 9.18. The van der Waals surface area contributed by atoms with Crippen molar-refractivity contribution in [1.29, 1.82) is 0 Å². The Morgan fingerprint density at radius 1 is 1.56 bits per heavy atom. The van der Waals surface area contributed by atoms with Crippen LogP contribution in [0.2, 0.25) is 0 Å². The van der Waals surface area contributed by atoms with E-state index in [0.29, 0.717) is 32.3 Å². The van der Waals surface area contributed by atoms with Crippen LogP contribution >= 0.6 is 0 Å². The predicted octanol–water partition coefficient (Wildman–Crippen LogP) is -0.192. The van der Waals surface area contributed by atoms with Crippen molar-refractivity contribution in [1.82, 2.24) is 10.2 Å². The molecular formula is C11H25N3O2. The molecule has 0 aliphatic carbocycles. The fraction of sp³-hybridized carbons (Fsp3) is 0.909. The van der Waals surface area contributed by atoms with Crippen LogP contribution in [0.25, 0.3) is 0 Å². The van der Waals surface area contributed by atoms with Crippen molar-refractivity contribution in [3.63, 3.8) is 0 Å². The fourth-order valence-corrected chi connectivity index (χ4v) is 1.34. The largest absolute Gasteiger partial charge is 0.385 e. The molecule has 0 saturated carbocycles. The first-order valence-electron chi connectivity index (χ1n) is 5.77. The molecule has 0 fully saturated rings. The molecular weight excluding hydrogens is 206 g/mol. The average Bonchev–Trinajstić information content (AvgIpc) is 2.24. The number of nitrogens with one attached hydrogen (secondary N) is 1. The zero-order chi connectivity index (χ0) is 12.4. The Balaban J connectivity index is 3.61. The molecule has 16 heavy (non-hydrogen) atoms. The van der Waals surface area contributed by atoms with E-state index in [1.165, 1.54) is 0 Å². The van der Waals surface area contributed by atoms with E-state index in [4.69, 9.17) is 10.5 Å². The van der Waals surface area contributed by atoms with Gasteiger partial charge >= 0.3 is 0 Å². The summed E-state index contributed by atoms with van der Waals surface area (Å²) in [4.78, 5) is 13.5. The molecule has 0 heterocycles. The summed E-state index contributed by atoms with van der Waals surface area (Å²) in [6.07, 6.45) is 1.76. The van der Waals surface area contributed by atoms with Gasteiger partial charge in [0, 0.05) is 26.3 Å². The van der Waals surface area contributed by atoms with E-state index in [0.717, 1.165) is 12.8 Å². The molecule has 0 aromatic carbocycles. The molecule has 1 amide bonds. The summed E-state index contributed by atoms with van der Waals surface area (Å²) >= 11 is 0. The molecule has 0 aliphatic rings. The van der Waals surface area contributed by atoms with Gasteiger partial charge in [-0.05, 0) is 33.4 Å². The normalized spacial score (nSPS) is 12.8.